The fraction of sp³-hybridized carbons (Fsp3) is 0.250. The van der Waals surface area contributed by atoms with E-state index in [9.17, 15) is 0 Å². The lowest BCUT2D eigenvalue weighted by Crippen LogP contribution is -2.18. The number of hydrogen-bond donors (Lipinski definition) is 1. The Morgan fingerprint density at radius 3 is 2.75 bits per heavy atom. The minimum Gasteiger partial charge on any atom is -0.457 e. The van der Waals surface area contributed by atoms with E-state index in [1.54, 1.807) is 0 Å². The fourth-order valence-corrected chi connectivity index (χ4v) is 2.92. The fourth-order valence-electron chi connectivity index (χ4n) is 2.02. The van der Waals surface area contributed by atoms with Crippen LogP contribution in [0.1, 0.15) is 25.5 Å². The summed E-state index contributed by atoms with van der Waals surface area (Å²) in [6, 6.07) is 14.4. The Morgan fingerprint density at radius 2 is 2.05 bits per heavy atom. The number of nitrogens with one attached hydrogen (secondary N) is 1. The highest BCUT2D eigenvalue weighted by Crippen LogP contribution is 2.32. The zero-order chi connectivity index (χ0) is 14.5. The Balaban J connectivity index is 2.31. The van der Waals surface area contributed by atoms with Gasteiger partial charge in [-0.05, 0) is 72.5 Å². The lowest BCUT2D eigenvalue weighted by atomic mass is 10.1. The van der Waals surface area contributed by atoms with Crippen LogP contribution in [-0.4, -0.2) is 6.54 Å². The summed E-state index contributed by atoms with van der Waals surface area (Å²) >= 11 is 5.82. The van der Waals surface area contributed by atoms with E-state index in [1.165, 1.54) is 3.57 Å². The van der Waals surface area contributed by atoms with Crippen LogP contribution in [0.4, 0.5) is 0 Å². The second kappa shape index (κ2) is 7.43. The molecule has 0 aromatic heterocycles. The summed E-state index contributed by atoms with van der Waals surface area (Å²) in [7, 11) is 0. The first-order chi connectivity index (χ1) is 9.60. The third-order valence-electron chi connectivity index (χ3n) is 2.97. The molecule has 2 aromatic rings. The third-order valence-corrected chi connectivity index (χ3v) is 4.14. The molecule has 1 N–H and O–H groups in total. The van der Waals surface area contributed by atoms with Crippen molar-refractivity contribution in [3.63, 3.8) is 0 Å². The molecule has 106 valence electrons. The van der Waals surface area contributed by atoms with E-state index in [2.05, 4.69) is 69.8 Å². The van der Waals surface area contributed by atoms with Crippen LogP contribution in [0.25, 0.3) is 0 Å². The van der Waals surface area contributed by atoms with E-state index in [4.69, 9.17) is 4.74 Å². The zero-order valence-corrected chi connectivity index (χ0v) is 15.2. The number of ether oxygens (including phenoxy) is 1. The molecule has 0 saturated heterocycles. The molecular formula is C16H17BrINO. The summed E-state index contributed by atoms with van der Waals surface area (Å²) in [4.78, 5) is 0. The minimum atomic E-state index is 0.246. The van der Waals surface area contributed by atoms with Gasteiger partial charge in [0.25, 0.3) is 0 Å². The average Bonchev–Trinajstić information content (AvgIpc) is 2.41. The molecule has 1 unspecified atom stereocenters. The summed E-state index contributed by atoms with van der Waals surface area (Å²) in [5.41, 5.74) is 1.15. The summed E-state index contributed by atoms with van der Waals surface area (Å²) in [5, 5.41) is 3.42. The first-order valence-electron chi connectivity index (χ1n) is 6.56. The molecule has 0 saturated carbocycles. The number of benzene rings is 2. The first-order valence-corrected chi connectivity index (χ1v) is 8.43. The lowest BCUT2D eigenvalue weighted by molar-refractivity contribution is 0.462. The normalized spacial score (nSPS) is 12.2. The van der Waals surface area contributed by atoms with E-state index in [-0.39, 0.29) is 6.04 Å². The molecule has 0 aliphatic rings. The third kappa shape index (κ3) is 4.20. The van der Waals surface area contributed by atoms with Crippen molar-refractivity contribution in [2.24, 2.45) is 0 Å². The topological polar surface area (TPSA) is 21.3 Å². The second-order valence-electron chi connectivity index (χ2n) is 4.52. The predicted molar refractivity (Wildman–Crippen MR) is 95.5 cm³/mol. The van der Waals surface area contributed by atoms with Gasteiger partial charge in [-0.3, -0.25) is 0 Å². The summed E-state index contributed by atoms with van der Waals surface area (Å²) in [5.74, 6) is 1.76. The van der Waals surface area contributed by atoms with Gasteiger partial charge in [0.2, 0.25) is 0 Å². The molecule has 0 amide bonds. The highest BCUT2D eigenvalue weighted by atomic mass is 127. The van der Waals surface area contributed by atoms with Crippen LogP contribution in [0.15, 0.2) is 46.9 Å². The monoisotopic (exact) mass is 445 g/mol. The standard InChI is InChI=1S/C16H17BrINO/c1-3-19-11(2)15-9-12(17)7-8-16(15)20-14-6-4-5-13(18)10-14/h4-11,19H,3H2,1-2H3. The molecule has 2 rings (SSSR count). The van der Waals surface area contributed by atoms with Gasteiger partial charge in [-0.2, -0.15) is 0 Å². The quantitative estimate of drug-likeness (QED) is 0.612. The summed E-state index contributed by atoms with van der Waals surface area (Å²) in [6.45, 7) is 5.18. The Labute approximate surface area is 142 Å². The molecule has 0 aliphatic carbocycles. The van der Waals surface area contributed by atoms with Gasteiger partial charge >= 0.3 is 0 Å². The highest BCUT2D eigenvalue weighted by Gasteiger charge is 2.12. The first kappa shape index (κ1) is 15.8. The van der Waals surface area contributed by atoms with Crippen molar-refractivity contribution in [3.8, 4) is 11.5 Å². The molecule has 2 nitrogen and oxygen atoms in total. The van der Waals surface area contributed by atoms with Crippen molar-refractivity contribution in [3.05, 3.63) is 56.1 Å². The van der Waals surface area contributed by atoms with Gasteiger partial charge in [0, 0.05) is 19.6 Å². The average molecular weight is 446 g/mol. The number of hydrogen-bond acceptors (Lipinski definition) is 2. The number of halogens is 2. The largest absolute Gasteiger partial charge is 0.457 e. The van der Waals surface area contributed by atoms with Crippen molar-refractivity contribution < 1.29 is 4.74 Å². The van der Waals surface area contributed by atoms with Crippen LogP contribution in [0.3, 0.4) is 0 Å². The molecule has 0 heterocycles. The smallest absolute Gasteiger partial charge is 0.132 e. The molecule has 0 bridgehead atoms. The SMILES string of the molecule is CCNC(C)c1cc(Br)ccc1Oc1cccc(I)c1. The van der Waals surface area contributed by atoms with Gasteiger partial charge in [-0.1, -0.05) is 28.9 Å². The van der Waals surface area contributed by atoms with E-state index in [0.29, 0.717) is 0 Å². The molecule has 4 heteroatoms. The van der Waals surface area contributed by atoms with Crippen LogP contribution in [0.5, 0.6) is 11.5 Å². The van der Waals surface area contributed by atoms with Gasteiger partial charge in [0.15, 0.2) is 0 Å². The Morgan fingerprint density at radius 1 is 1.25 bits per heavy atom. The molecule has 0 fully saturated rings. The van der Waals surface area contributed by atoms with Crippen molar-refractivity contribution in [1.29, 1.82) is 0 Å². The maximum Gasteiger partial charge on any atom is 0.132 e. The van der Waals surface area contributed by atoms with Gasteiger partial charge in [-0.25, -0.2) is 0 Å². The summed E-state index contributed by atoms with van der Waals surface area (Å²) in [6.07, 6.45) is 0. The van der Waals surface area contributed by atoms with E-state index < -0.39 is 0 Å². The van der Waals surface area contributed by atoms with Crippen LogP contribution >= 0.6 is 38.5 Å². The van der Waals surface area contributed by atoms with Crippen molar-refractivity contribution in [2.75, 3.05) is 6.54 Å². The summed E-state index contributed by atoms with van der Waals surface area (Å²) < 4.78 is 8.27. The van der Waals surface area contributed by atoms with Gasteiger partial charge in [0.05, 0.1) is 0 Å². The van der Waals surface area contributed by atoms with Crippen LogP contribution < -0.4 is 10.1 Å². The van der Waals surface area contributed by atoms with Crippen molar-refractivity contribution >= 4 is 38.5 Å². The van der Waals surface area contributed by atoms with E-state index in [1.807, 2.05) is 30.3 Å². The number of rotatable bonds is 5. The molecule has 0 aliphatic heterocycles. The molecule has 0 spiro atoms. The highest BCUT2D eigenvalue weighted by molar-refractivity contribution is 14.1. The maximum absolute atomic E-state index is 6.05. The Bertz CT molecular complexity index is 588. The Kier molecular flexibility index (Phi) is 5.86. The maximum atomic E-state index is 6.05. The van der Waals surface area contributed by atoms with Gasteiger partial charge in [0.1, 0.15) is 11.5 Å². The molecular weight excluding hydrogens is 429 g/mol. The van der Waals surface area contributed by atoms with Crippen molar-refractivity contribution in [1.82, 2.24) is 5.32 Å². The molecule has 0 radical (unpaired) electrons. The zero-order valence-electron chi connectivity index (χ0n) is 11.5. The second-order valence-corrected chi connectivity index (χ2v) is 6.68. The van der Waals surface area contributed by atoms with E-state index in [0.717, 1.165) is 28.1 Å². The molecule has 20 heavy (non-hydrogen) atoms. The molecule has 1 atom stereocenters. The van der Waals surface area contributed by atoms with Gasteiger partial charge < -0.3 is 10.1 Å². The van der Waals surface area contributed by atoms with Crippen molar-refractivity contribution in [2.45, 2.75) is 19.9 Å². The predicted octanol–water partition coefficient (Wildman–Crippen LogP) is 5.52. The van der Waals surface area contributed by atoms with Gasteiger partial charge in [-0.15, -0.1) is 0 Å². The minimum absolute atomic E-state index is 0.246. The lowest BCUT2D eigenvalue weighted by Gasteiger charge is -2.18. The Hall–Kier alpha value is -0.590. The van der Waals surface area contributed by atoms with E-state index >= 15 is 0 Å². The molecule has 2 aromatic carbocycles. The van der Waals surface area contributed by atoms with Crippen LogP contribution in [0, 0.1) is 3.57 Å². The van der Waals surface area contributed by atoms with Crippen LogP contribution in [0.2, 0.25) is 0 Å². The van der Waals surface area contributed by atoms with Crippen LogP contribution in [-0.2, 0) is 0 Å².